The predicted molar refractivity (Wildman–Crippen MR) is 53.6 cm³/mol. The van der Waals surface area contributed by atoms with Crippen LogP contribution in [0.25, 0.3) is 0 Å². The molecule has 1 aliphatic carbocycles. The number of benzene rings is 1. The molecule has 15 heavy (non-hydrogen) atoms. The molecule has 1 aromatic carbocycles. The van der Waals surface area contributed by atoms with Crippen LogP contribution < -0.4 is 0 Å². The molecule has 1 nitrogen and oxygen atoms in total. The smallest absolute Gasteiger partial charge is 0.129 e. The Morgan fingerprint density at radius 1 is 1.33 bits per heavy atom. The Morgan fingerprint density at radius 3 is 2.40 bits per heavy atom. The molecule has 0 saturated heterocycles. The lowest BCUT2D eigenvalue weighted by Crippen LogP contribution is -2.22. The van der Waals surface area contributed by atoms with E-state index in [4.69, 9.17) is 0 Å². The molecule has 2 atom stereocenters. The van der Waals surface area contributed by atoms with E-state index in [0.717, 1.165) is 0 Å². The SMILES string of the molecule is CC1(c2c(F)cccc2F)CCC(O)C1. The first-order valence-electron chi connectivity index (χ1n) is 5.15. The zero-order chi connectivity index (χ0) is 11.1. The third-order valence-electron chi connectivity index (χ3n) is 3.28. The molecular weight excluding hydrogens is 198 g/mol. The summed E-state index contributed by atoms with van der Waals surface area (Å²) in [5, 5.41) is 9.46. The van der Waals surface area contributed by atoms with Gasteiger partial charge in [0.05, 0.1) is 6.10 Å². The van der Waals surface area contributed by atoms with Crippen molar-refractivity contribution in [2.75, 3.05) is 0 Å². The number of aliphatic hydroxyl groups excluding tert-OH is 1. The van der Waals surface area contributed by atoms with E-state index in [-0.39, 0.29) is 5.56 Å². The van der Waals surface area contributed by atoms with Crippen LogP contribution in [0.3, 0.4) is 0 Å². The zero-order valence-electron chi connectivity index (χ0n) is 8.63. The number of aliphatic hydroxyl groups is 1. The average Bonchev–Trinajstić information content (AvgIpc) is 2.46. The van der Waals surface area contributed by atoms with Gasteiger partial charge >= 0.3 is 0 Å². The molecule has 2 unspecified atom stereocenters. The number of hydrogen-bond acceptors (Lipinski definition) is 1. The maximum atomic E-state index is 13.6. The third kappa shape index (κ3) is 1.76. The molecule has 2 rings (SSSR count). The molecule has 1 saturated carbocycles. The highest BCUT2D eigenvalue weighted by molar-refractivity contribution is 5.29. The van der Waals surface area contributed by atoms with Crippen molar-refractivity contribution in [3.8, 4) is 0 Å². The lowest BCUT2D eigenvalue weighted by Gasteiger charge is -2.25. The van der Waals surface area contributed by atoms with Crippen LogP contribution in [0.15, 0.2) is 18.2 Å². The Labute approximate surface area is 87.7 Å². The quantitative estimate of drug-likeness (QED) is 0.759. The van der Waals surface area contributed by atoms with Crippen molar-refractivity contribution in [1.82, 2.24) is 0 Å². The number of halogens is 2. The Hall–Kier alpha value is -0.960. The van der Waals surface area contributed by atoms with Gasteiger partial charge in [-0.2, -0.15) is 0 Å². The minimum absolute atomic E-state index is 0.126. The molecule has 0 amide bonds. The molecule has 0 bridgehead atoms. The van der Waals surface area contributed by atoms with Crippen LogP contribution >= 0.6 is 0 Å². The van der Waals surface area contributed by atoms with Crippen molar-refractivity contribution in [3.63, 3.8) is 0 Å². The van der Waals surface area contributed by atoms with E-state index in [1.807, 2.05) is 6.92 Å². The highest BCUT2D eigenvalue weighted by Gasteiger charge is 2.39. The molecule has 1 aromatic rings. The second-order valence-corrected chi connectivity index (χ2v) is 4.55. The Kier molecular flexibility index (Phi) is 2.51. The third-order valence-corrected chi connectivity index (χ3v) is 3.28. The van der Waals surface area contributed by atoms with Crippen LogP contribution in [0.2, 0.25) is 0 Å². The van der Waals surface area contributed by atoms with Gasteiger partial charge in [-0.3, -0.25) is 0 Å². The van der Waals surface area contributed by atoms with Crippen LogP contribution in [0.1, 0.15) is 31.7 Å². The summed E-state index contributed by atoms with van der Waals surface area (Å²) in [5.74, 6) is -1.02. The first kappa shape index (κ1) is 10.6. The first-order valence-corrected chi connectivity index (χ1v) is 5.15. The van der Waals surface area contributed by atoms with Crippen LogP contribution in [0.4, 0.5) is 8.78 Å². The van der Waals surface area contributed by atoms with Crippen LogP contribution in [-0.2, 0) is 5.41 Å². The van der Waals surface area contributed by atoms with Crippen molar-refractivity contribution in [2.45, 2.75) is 37.7 Å². The summed E-state index contributed by atoms with van der Waals surface area (Å²) in [6.07, 6.45) is 1.25. The van der Waals surface area contributed by atoms with E-state index in [1.165, 1.54) is 18.2 Å². The van der Waals surface area contributed by atoms with Gasteiger partial charge in [0.2, 0.25) is 0 Å². The van der Waals surface area contributed by atoms with Crippen molar-refractivity contribution < 1.29 is 13.9 Å². The topological polar surface area (TPSA) is 20.2 Å². The van der Waals surface area contributed by atoms with Crippen molar-refractivity contribution in [2.24, 2.45) is 0 Å². The molecule has 0 heterocycles. The van der Waals surface area contributed by atoms with Gasteiger partial charge in [0.15, 0.2) is 0 Å². The summed E-state index contributed by atoms with van der Waals surface area (Å²) in [7, 11) is 0. The molecule has 82 valence electrons. The summed E-state index contributed by atoms with van der Waals surface area (Å²) in [4.78, 5) is 0. The lowest BCUT2D eigenvalue weighted by molar-refractivity contribution is 0.174. The van der Waals surface area contributed by atoms with Gasteiger partial charge in [-0.15, -0.1) is 0 Å². The summed E-state index contributed by atoms with van der Waals surface area (Å²) in [5.41, 5.74) is -0.434. The molecule has 0 spiro atoms. The maximum Gasteiger partial charge on any atom is 0.129 e. The second-order valence-electron chi connectivity index (χ2n) is 4.55. The molecular formula is C12H14F2O. The van der Waals surface area contributed by atoms with Gasteiger partial charge in [-0.25, -0.2) is 8.78 Å². The largest absolute Gasteiger partial charge is 0.393 e. The standard InChI is InChI=1S/C12H14F2O/c1-12(6-5-8(15)7-12)11-9(13)3-2-4-10(11)14/h2-4,8,15H,5-7H2,1H3. The van der Waals surface area contributed by atoms with Crippen molar-refractivity contribution in [1.29, 1.82) is 0 Å². The van der Waals surface area contributed by atoms with Gasteiger partial charge in [-0.1, -0.05) is 13.0 Å². The normalized spacial score (nSPS) is 30.8. The highest BCUT2D eigenvalue weighted by atomic mass is 19.1. The Bertz CT molecular complexity index is 358. The summed E-state index contributed by atoms with van der Waals surface area (Å²) >= 11 is 0. The van der Waals surface area contributed by atoms with Crippen LogP contribution in [-0.4, -0.2) is 11.2 Å². The van der Waals surface area contributed by atoms with Crippen molar-refractivity contribution in [3.05, 3.63) is 35.4 Å². The Balaban J connectivity index is 2.45. The van der Waals surface area contributed by atoms with E-state index in [2.05, 4.69) is 0 Å². The number of hydrogen-bond donors (Lipinski definition) is 1. The molecule has 0 radical (unpaired) electrons. The highest BCUT2D eigenvalue weighted by Crippen LogP contribution is 2.42. The molecule has 1 fully saturated rings. The fourth-order valence-electron chi connectivity index (χ4n) is 2.51. The summed E-state index contributed by atoms with van der Waals surface area (Å²) in [6, 6.07) is 3.91. The predicted octanol–water partition coefficient (Wildman–Crippen LogP) is 2.77. The van der Waals surface area contributed by atoms with Gasteiger partial charge < -0.3 is 5.11 Å². The lowest BCUT2D eigenvalue weighted by atomic mass is 9.80. The minimum Gasteiger partial charge on any atom is -0.393 e. The van der Waals surface area contributed by atoms with Crippen LogP contribution in [0.5, 0.6) is 0 Å². The molecule has 3 heteroatoms. The van der Waals surface area contributed by atoms with E-state index in [9.17, 15) is 13.9 Å². The Morgan fingerprint density at radius 2 is 1.93 bits per heavy atom. The van der Waals surface area contributed by atoms with Crippen molar-refractivity contribution >= 4 is 0 Å². The van der Waals surface area contributed by atoms with Gasteiger partial charge in [0.25, 0.3) is 0 Å². The molecule has 0 aliphatic heterocycles. The second kappa shape index (κ2) is 3.56. The molecule has 0 aromatic heterocycles. The van der Waals surface area contributed by atoms with E-state index in [0.29, 0.717) is 19.3 Å². The monoisotopic (exact) mass is 212 g/mol. The average molecular weight is 212 g/mol. The number of rotatable bonds is 1. The summed E-state index contributed by atoms with van der Waals surface area (Å²) in [6.45, 7) is 1.81. The maximum absolute atomic E-state index is 13.6. The van der Waals surface area contributed by atoms with Gasteiger partial charge in [0, 0.05) is 11.0 Å². The minimum atomic E-state index is -0.561. The van der Waals surface area contributed by atoms with E-state index < -0.39 is 23.2 Å². The molecule has 1 aliphatic rings. The van der Waals surface area contributed by atoms with Gasteiger partial charge in [0.1, 0.15) is 11.6 Å². The summed E-state index contributed by atoms with van der Waals surface area (Å²) < 4.78 is 27.1. The first-order chi connectivity index (χ1) is 7.03. The molecule has 1 N–H and O–H groups in total. The fraction of sp³-hybridized carbons (Fsp3) is 0.500. The fourth-order valence-corrected chi connectivity index (χ4v) is 2.51. The van der Waals surface area contributed by atoms with Gasteiger partial charge in [-0.05, 0) is 31.4 Å². The van der Waals surface area contributed by atoms with Crippen LogP contribution in [0, 0.1) is 11.6 Å². The zero-order valence-corrected chi connectivity index (χ0v) is 8.63. The van der Waals surface area contributed by atoms with E-state index in [1.54, 1.807) is 0 Å². The van der Waals surface area contributed by atoms with E-state index >= 15 is 0 Å².